The van der Waals surface area contributed by atoms with Gasteiger partial charge in [0, 0.05) is 26.1 Å². The van der Waals surface area contributed by atoms with Crippen LogP contribution in [0.5, 0.6) is 0 Å². The number of carbonyl (C=O) groups excluding carboxylic acids is 4. The molecule has 3 rings (SSSR count). The number of β-amino-alcohol motifs (C(OH)–C–C–N with tert-alkyl or cyclic N) is 1. The Hall–Kier alpha value is -1.87. The summed E-state index contributed by atoms with van der Waals surface area (Å²) in [5.74, 6) is -1.46. The molecule has 0 aromatic carbocycles. The number of alkyl halides is 1. The van der Waals surface area contributed by atoms with Gasteiger partial charge in [-0.15, -0.1) is 11.6 Å². The lowest BCUT2D eigenvalue weighted by Crippen LogP contribution is -2.55. The van der Waals surface area contributed by atoms with Gasteiger partial charge in [0.2, 0.25) is 17.7 Å². The summed E-state index contributed by atoms with van der Waals surface area (Å²) in [6.45, 7) is 2.51. The van der Waals surface area contributed by atoms with Crippen molar-refractivity contribution in [2.24, 2.45) is 0 Å². The molecule has 0 saturated carbocycles. The zero-order valence-corrected chi connectivity index (χ0v) is 17.5. The van der Waals surface area contributed by atoms with Crippen LogP contribution < -0.4 is 0 Å². The number of hydrogen-bond acceptors (Lipinski definition) is 6. The van der Waals surface area contributed by atoms with E-state index in [0.29, 0.717) is 38.8 Å². The van der Waals surface area contributed by atoms with Gasteiger partial charge in [0.15, 0.2) is 0 Å². The summed E-state index contributed by atoms with van der Waals surface area (Å²) in [6, 6.07) is -2.16. The summed E-state index contributed by atoms with van der Waals surface area (Å²) < 4.78 is 4.76. The lowest BCUT2D eigenvalue weighted by molar-refractivity contribution is -0.155. The first-order chi connectivity index (χ1) is 13.8. The van der Waals surface area contributed by atoms with Gasteiger partial charge in [-0.2, -0.15) is 0 Å². The second-order valence-electron chi connectivity index (χ2n) is 7.91. The Labute approximate surface area is 174 Å². The molecule has 3 aliphatic rings. The van der Waals surface area contributed by atoms with Gasteiger partial charge in [0.25, 0.3) is 0 Å². The van der Waals surface area contributed by atoms with Gasteiger partial charge in [-0.25, -0.2) is 4.79 Å². The fourth-order valence-electron chi connectivity index (χ4n) is 4.60. The molecule has 3 amide bonds. The Bertz CT molecular complexity index is 687. The molecule has 9 nitrogen and oxygen atoms in total. The molecule has 162 valence electrons. The second kappa shape index (κ2) is 8.87. The van der Waals surface area contributed by atoms with Gasteiger partial charge in [-0.1, -0.05) is 0 Å². The normalized spacial score (nSPS) is 30.6. The number of halogens is 1. The maximum absolute atomic E-state index is 13.2. The number of hydrogen-bond donors (Lipinski definition) is 1. The van der Waals surface area contributed by atoms with Crippen molar-refractivity contribution >= 4 is 35.3 Å². The topological polar surface area (TPSA) is 107 Å². The Balaban J connectivity index is 1.75. The van der Waals surface area contributed by atoms with Gasteiger partial charge in [-0.05, 0) is 32.6 Å². The number of ether oxygens (including phenoxy) is 1. The number of amides is 3. The number of aliphatic hydroxyl groups is 1. The average molecular weight is 430 g/mol. The van der Waals surface area contributed by atoms with E-state index in [0.717, 1.165) is 0 Å². The SMILES string of the molecule is COC(=O)[C@@H]1C[C@H](O)CN1C(=O)[C@@H]1CCCN1C(=O)[C@@H]1CCCN1C(=O)[C@H](C)Cl. The summed E-state index contributed by atoms with van der Waals surface area (Å²) in [5, 5.41) is 9.25. The highest BCUT2D eigenvalue weighted by molar-refractivity contribution is 6.30. The standard InChI is InChI=1S/C19H28ClN3O6/c1-11(20)16(25)21-7-3-5-13(21)17(26)22-8-4-6-14(22)18(27)23-10-12(24)9-15(23)19(28)29-2/h11-15,24H,3-10H2,1-2H3/t11-,12-,13-,14-,15-/m0/s1. The van der Waals surface area contributed by atoms with E-state index in [1.54, 1.807) is 6.92 Å². The predicted octanol–water partition coefficient (Wildman–Crippen LogP) is -0.269. The number of nitrogens with zero attached hydrogens (tertiary/aromatic N) is 3. The van der Waals surface area contributed by atoms with Crippen molar-refractivity contribution in [2.45, 2.75) is 68.6 Å². The molecular weight excluding hydrogens is 402 g/mol. The van der Waals surface area contributed by atoms with Crippen molar-refractivity contribution in [2.75, 3.05) is 26.7 Å². The zero-order chi connectivity index (χ0) is 21.3. The molecule has 3 fully saturated rings. The molecule has 3 aliphatic heterocycles. The quantitative estimate of drug-likeness (QED) is 0.487. The highest BCUT2D eigenvalue weighted by Crippen LogP contribution is 2.29. The monoisotopic (exact) mass is 429 g/mol. The fourth-order valence-corrected chi connectivity index (χ4v) is 4.73. The molecule has 29 heavy (non-hydrogen) atoms. The number of likely N-dealkylation sites (tertiary alicyclic amines) is 3. The van der Waals surface area contributed by atoms with Crippen molar-refractivity contribution in [3.63, 3.8) is 0 Å². The first-order valence-electron chi connectivity index (χ1n) is 10.1. The third-order valence-corrected chi connectivity index (χ3v) is 6.20. The molecular formula is C19H28ClN3O6. The van der Waals surface area contributed by atoms with Crippen LogP contribution in [-0.4, -0.2) is 99.8 Å². The Morgan fingerprint density at radius 2 is 1.52 bits per heavy atom. The fraction of sp³-hybridized carbons (Fsp3) is 0.789. The molecule has 0 unspecified atom stereocenters. The highest BCUT2D eigenvalue weighted by atomic mass is 35.5. The molecule has 1 N–H and O–H groups in total. The van der Waals surface area contributed by atoms with Gasteiger partial charge >= 0.3 is 5.97 Å². The van der Waals surface area contributed by atoms with Crippen molar-refractivity contribution < 1.29 is 29.0 Å². The molecule has 0 aromatic rings. The lowest BCUT2D eigenvalue weighted by Gasteiger charge is -2.33. The summed E-state index contributed by atoms with van der Waals surface area (Å²) in [6.07, 6.45) is 1.71. The largest absolute Gasteiger partial charge is 0.467 e. The molecule has 3 saturated heterocycles. The first kappa shape index (κ1) is 21.8. The maximum Gasteiger partial charge on any atom is 0.328 e. The van der Waals surface area contributed by atoms with Crippen molar-refractivity contribution in [1.29, 1.82) is 0 Å². The Kier molecular flexibility index (Phi) is 6.68. The summed E-state index contributed by atoms with van der Waals surface area (Å²) >= 11 is 5.93. The maximum atomic E-state index is 13.2. The molecule has 0 spiro atoms. The number of rotatable bonds is 4. The van der Waals surface area contributed by atoms with E-state index in [-0.39, 0.29) is 30.7 Å². The van der Waals surface area contributed by atoms with E-state index < -0.39 is 35.6 Å². The summed E-state index contributed by atoms with van der Waals surface area (Å²) in [4.78, 5) is 55.2. The number of methoxy groups -OCH3 is 1. The van der Waals surface area contributed by atoms with Crippen LogP contribution in [0.15, 0.2) is 0 Å². The number of carbonyl (C=O) groups is 4. The zero-order valence-electron chi connectivity index (χ0n) is 16.8. The smallest absolute Gasteiger partial charge is 0.328 e. The molecule has 0 bridgehead atoms. The van der Waals surface area contributed by atoms with Crippen LogP contribution in [0.2, 0.25) is 0 Å². The van der Waals surface area contributed by atoms with Crippen molar-refractivity contribution in [3.8, 4) is 0 Å². The van der Waals surface area contributed by atoms with Crippen molar-refractivity contribution in [3.05, 3.63) is 0 Å². The summed E-state index contributed by atoms with van der Waals surface area (Å²) in [5.41, 5.74) is 0. The first-order valence-corrected chi connectivity index (χ1v) is 10.5. The molecule has 3 heterocycles. The van der Waals surface area contributed by atoms with Crippen LogP contribution >= 0.6 is 11.6 Å². The Morgan fingerprint density at radius 1 is 0.966 bits per heavy atom. The third-order valence-electron chi connectivity index (χ3n) is 6.02. The summed E-state index contributed by atoms with van der Waals surface area (Å²) in [7, 11) is 1.24. The highest BCUT2D eigenvalue weighted by Gasteiger charge is 2.47. The van der Waals surface area contributed by atoms with Crippen LogP contribution in [0.4, 0.5) is 0 Å². The minimum atomic E-state index is -0.846. The van der Waals surface area contributed by atoms with Crippen LogP contribution in [0.25, 0.3) is 0 Å². The number of esters is 1. The van der Waals surface area contributed by atoms with Crippen LogP contribution in [0, 0.1) is 0 Å². The van der Waals surface area contributed by atoms with Crippen LogP contribution in [-0.2, 0) is 23.9 Å². The molecule has 0 aromatic heterocycles. The Morgan fingerprint density at radius 3 is 2.10 bits per heavy atom. The molecule has 0 aliphatic carbocycles. The van der Waals surface area contributed by atoms with Gasteiger partial charge in [-0.3, -0.25) is 14.4 Å². The van der Waals surface area contributed by atoms with Gasteiger partial charge in [0.1, 0.15) is 23.5 Å². The van der Waals surface area contributed by atoms with E-state index in [1.165, 1.54) is 21.8 Å². The van der Waals surface area contributed by atoms with Crippen LogP contribution in [0.3, 0.4) is 0 Å². The van der Waals surface area contributed by atoms with Crippen LogP contribution in [0.1, 0.15) is 39.0 Å². The molecule has 10 heteroatoms. The second-order valence-corrected chi connectivity index (χ2v) is 8.57. The predicted molar refractivity (Wildman–Crippen MR) is 103 cm³/mol. The van der Waals surface area contributed by atoms with Crippen molar-refractivity contribution in [1.82, 2.24) is 14.7 Å². The average Bonchev–Trinajstić information content (AvgIpc) is 3.44. The number of aliphatic hydroxyl groups excluding tert-OH is 1. The molecule has 5 atom stereocenters. The van der Waals surface area contributed by atoms with E-state index in [1.807, 2.05) is 0 Å². The van der Waals surface area contributed by atoms with E-state index >= 15 is 0 Å². The van der Waals surface area contributed by atoms with Gasteiger partial charge in [0.05, 0.1) is 13.2 Å². The lowest BCUT2D eigenvalue weighted by atomic mass is 10.1. The minimum Gasteiger partial charge on any atom is -0.467 e. The third kappa shape index (κ3) is 4.21. The van der Waals surface area contributed by atoms with Gasteiger partial charge < -0.3 is 24.5 Å². The van der Waals surface area contributed by atoms with E-state index in [9.17, 15) is 24.3 Å². The van der Waals surface area contributed by atoms with E-state index in [2.05, 4.69) is 0 Å². The van der Waals surface area contributed by atoms with E-state index in [4.69, 9.17) is 16.3 Å². The molecule has 0 radical (unpaired) electrons. The minimum absolute atomic E-state index is 0.0366.